The molecular weight excluding hydrogens is 277 g/mol. The van der Waals surface area contributed by atoms with Crippen LogP contribution in [-0.4, -0.2) is 4.98 Å². The van der Waals surface area contributed by atoms with Crippen LogP contribution < -0.4 is 5.73 Å². The first-order valence-electron chi connectivity index (χ1n) is 3.28. The van der Waals surface area contributed by atoms with Crippen LogP contribution in [0.3, 0.4) is 0 Å². The van der Waals surface area contributed by atoms with Gasteiger partial charge in [-0.15, -0.1) is 0 Å². The molecule has 2 N–H and O–H groups in total. The first-order chi connectivity index (χ1) is 5.63. The summed E-state index contributed by atoms with van der Waals surface area (Å²) in [6.07, 6.45) is -2.52. The summed E-state index contributed by atoms with van der Waals surface area (Å²) in [5.74, 6) is 0. The number of nitrogens with zero attached hydrogens (tertiary/aromatic N) is 1. The van der Waals surface area contributed by atoms with Gasteiger partial charge in [-0.2, -0.15) is 0 Å². The van der Waals surface area contributed by atoms with Crippen LogP contribution in [0.5, 0.6) is 0 Å². The van der Waals surface area contributed by atoms with Gasteiger partial charge < -0.3 is 5.73 Å². The van der Waals surface area contributed by atoms with Crippen LogP contribution in [0.4, 0.5) is 8.78 Å². The van der Waals surface area contributed by atoms with E-state index in [0.717, 1.165) is 3.57 Å². The van der Waals surface area contributed by atoms with Crippen molar-refractivity contribution in [2.45, 2.75) is 13.0 Å². The molecule has 66 valence electrons. The van der Waals surface area contributed by atoms with E-state index in [1.807, 2.05) is 22.6 Å². The zero-order chi connectivity index (χ0) is 9.14. The van der Waals surface area contributed by atoms with Gasteiger partial charge in [-0.25, -0.2) is 8.78 Å². The maximum absolute atomic E-state index is 12.2. The average molecular weight is 284 g/mol. The van der Waals surface area contributed by atoms with Gasteiger partial charge in [0.05, 0.1) is 5.69 Å². The molecule has 1 aromatic heterocycles. The number of nitrogens with two attached hydrogens (primary N) is 1. The summed E-state index contributed by atoms with van der Waals surface area (Å²) in [6, 6.07) is 3.04. The van der Waals surface area contributed by atoms with Crippen LogP contribution in [-0.2, 0) is 6.54 Å². The lowest BCUT2D eigenvalue weighted by atomic mass is 10.3. The van der Waals surface area contributed by atoms with Crippen molar-refractivity contribution in [3.63, 3.8) is 0 Å². The average Bonchev–Trinajstić information content (AvgIpc) is 2.03. The number of hydrogen-bond donors (Lipinski definition) is 1. The van der Waals surface area contributed by atoms with Crippen molar-refractivity contribution in [3.05, 3.63) is 27.1 Å². The Morgan fingerprint density at radius 2 is 2.17 bits per heavy atom. The highest BCUT2D eigenvalue weighted by Gasteiger charge is 2.09. The normalized spacial score (nSPS) is 10.8. The second-order valence-corrected chi connectivity index (χ2v) is 3.45. The molecule has 0 atom stereocenters. The molecule has 0 bridgehead atoms. The van der Waals surface area contributed by atoms with Gasteiger partial charge in [-0.05, 0) is 34.7 Å². The van der Waals surface area contributed by atoms with Crippen molar-refractivity contribution in [3.8, 4) is 0 Å². The molecule has 1 aromatic rings. The summed E-state index contributed by atoms with van der Waals surface area (Å²) in [5, 5.41) is 0. The molecule has 0 radical (unpaired) electrons. The van der Waals surface area contributed by atoms with Gasteiger partial charge in [0.2, 0.25) is 0 Å². The number of rotatable bonds is 2. The van der Waals surface area contributed by atoms with Crippen LogP contribution in [0.1, 0.15) is 17.8 Å². The lowest BCUT2D eigenvalue weighted by Crippen LogP contribution is -2.03. The molecule has 0 aliphatic carbocycles. The minimum Gasteiger partial charge on any atom is -0.325 e. The number of halogens is 3. The quantitative estimate of drug-likeness (QED) is 0.844. The Morgan fingerprint density at radius 1 is 1.50 bits per heavy atom. The Labute approximate surface area is 82.3 Å². The third-order valence-electron chi connectivity index (χ3n) is 1.30. The monoisotopic (exact) mass is 284 g/mol. The molecule has 2 nitrogen and oxygen atoms in total. The van der Waals surface area contributed by atoms with Gasteiger partial charge >= 0.3 is 0 Å². The Hall–Kier alpha value is -0.300. The van der Waals surface area contributed by atoms with Crippen LogP contribution in [0.2, 0.25) is 0 Å². The maximum Gasteiger partial charge on any atom is 0.280 e. The molecule has 0 saturated carbocycles. The topological polar surface area (TPSA) is 38.9 Å². The Bertz CT molecular complexity index is 278. The summed E-state index contributed by atoms with van der Waals surface area (Å²) < 4.78 is 25.0. The van der Waals surface area contributed by atoms with E-state index in [0.29, 0.717) is 5.69 Å². The largest absolute Gasteiger partial charge is 0.325 e. The van der Waals surface area contributed by atoms with Crippen molar-refractivity contribution in [1.82, 2.24) is 4.98 Å². The van der Waals surface area contributed by atoms with E-state index in [2.05, 4.69) is 4.98 Å². The van der Waals surface area contributed by atoms with Gasteiger partial charge in [0, 0.05) is 10.1 Å². The van der Waals surface area contributed by atoms with Crippen molar-refractivity contribution in [2.24, 2.45) is 5.73 Å². The van der Waals surface area contributed by atoms with E-state index in [1.54, 1.807) is 6.07 Å². The summed E-state index contributed by atoms with van der Waals surface area (Å²) in [4.78, 5) is 3.67. The van der Waals surface area contributed by atoms with Gasteiger partial charge in [-0.3, -0.25) is 4.98 Å². The molecule has 0 fully saturated rings. The van der Waals surface area contributed by atoms with Gasteiger partial charge in [0.1, 0.15) is 5.69 Å². The van der Waals surface area contributed by atoms with Crippen LogP contribution in [0.25, 0.3) is 0 Å². The van der Waals surface area contributed by atoms with E-state index in [1.165, 1.54) is 6.07 Å². The van der Waals surface area contributed by atoms with Crippen LogP contribution in [0.15, 0.2) is 12.1 Å². The summed E-state index contributed by atoms with van der Waals surface area (Å²) in [6.45, 7) is 0.191. The van der Waals surface area contributed by atoms with Gasteiger partial charge in [0.25, 0.3) is 6.43 Å². The zero-order valence-electron chi connectivity index (χ0n) is 6.10. The summed E-state index contributed by atoms with van der Waals surface area (Å²) >= 11 is 1.96. The van der Waals surface area contributed by atoms with Crippen molar-refractivity contribution < 1.29 is 8.78 Å². The zero-order valence-corrected chi connectivity index (χ0v) is 8.26. The lowest BCUT2D eigenvalue weighted by molar-refractivity contribution is 0.145. The molecule has 1 heterocycles. The SMILES string of the molecule is NCc1cc(I)cc(C(F)F)n1. The van der Waals surface area contributed by atoms with Gasteiger partial charge in [-0.1, -0.05) is 0 Å². The number of hydrogen-bond acceptors (Lipinski definition) is 2. The highest BCUT2D eigenvalue weighted by molar-refractivity contribution is 14.1. The summed E-state index contributed by atoms with van der Waals surface area (Å²) in [7, 11) is 0. The fourth-order valence-electron chi connectivity index (χ4n) is 0.789. The van der Waals surface area contributed by atoms with Crippen molar-refractivity contribution in [1.29, 1.82) is 0 Å². The Balaban J connectivity index is 3.06. The third kappa shape index (κ3) is 2.34. The van der Waals surface area contributed by atoms with E-state index in [4.69, 9.17) is 5.73 Å². The van der Waals surface area contributed by atoms with E-state index < -0.39 is 6.43 Å². The summed E-state index contributed by atoms with van der Waals surface area (Å²) in [5.41, 5.74) is 5.57. The predicted molar refractivity (Wildman–Crippen MR) is 49.8 cm³/mol. The fraction of sp³-hybridized carbons (Fsp3) is 0.286. The minimum atomic E-state index is -2.52. The van der Waals surface area contributed by atoms with E-state index >= 15 is 0 Å². The number of aromatic nitrogens is 1. The number of alkyl halides is 2. The maximum atomic E-state index is 12.2. The lowest BCUT2D eigenvalue weighted by Gasteiger charge is -2.02. The Morgan fingerprint density at radius 3 is 2.67 bits per heavy atom. The fourth-order valence-corrected chi connectivity index (χ4v) is 1.47. The van der Waals surface area contributed by atoms with Crippen molar-refractivity contribution >= 4 is 22.6 Å². The van der Waals surface area contributed by atoms with E-state index in [-0.39, 0.29) is 12.2 Å². The molecule has 0 aromatic carbocycles. The molecule has 0 aliphatic heterocycles. The highest BCUT2D eigenvalue weighted by Crippen LogP contribution is 2.19. The van der Waals surface area contributed by atoms with Crippen LogP contribution in [0, 0.1) is 3.57 Å². The predicted octanol–water partition coefficient (Wildman–Crippen LogP) is 2.08. The smallest absolute Gasteiger partial charge is 0.280 e. The second kappa shape index (κ2) is 4.08. The first-order valence-corrected chi connectivity index (χ1v) is 4.36. The second-order valence-electron chi connectivity index (χ2n) is 2.21. The van der Waals surface area contributed by atoms with Crippen molar-refractivity contribution in [2.75, 3.05) is 0 Å². The third-order valence-corrected chi connectivity index (χ3v) is 1.92. The molecular formula is C7H7F2IN2. The highest BCUT2D eigenvalue weighted by atomic mass is 127. The molecule has 12 heavy (non-hydrogen) atoms. The van der Waals surface area contributed by atoms with E-state index in [9.17, 15) is 8.78 Å². The molecule has 0 saturated heterocycles. The molecule has 0 aliphatic rings. The molecule has 0 unspecified atom stereocenters. The number of pyridine rings is 1. The van der Waals surface area contributed by atoms with Gasteiger partial charge in [0.15, 0.2) is 0 Å². The standard InChI is InChI=1S/C7H7F2IN2/c8-7(9)6-2-4(10)1-5(3-11)12-6/h1-2,7H,3,11H2. The van der Waals surface area contributed by atoms with Crippen LogP contribution >= 0.6 is 22.6 Å². The molecule has 0 amide bonds. The Kier molecular flexibility index (Phi) is 3.33. The minimum absolute atomic E-state index is 0.191. The molecule has 0 spiro atoms. The molecule has 1 rings (SSSR count). The first kappa shape index (κ1) is 9.79. The molecule has 5 heteroatoms.